The molecule has 0 bridgehead atoms. The third-order valence-electron chi connectivity index (χ3n) is 3.34. The number of nitrogens with one attached hydrogen (secondary N) is 1. The molecule has 100 valence electrons. The summed E-state index contributed by atoms with van der Waals surface area (Å²) in [4.78, 5) is 2.45. The molecule has 0 atom stereocenters. The minimum Gasteiger partial charge on any atom is -0.309 e. The molecule has 1 saturated carbocycles. The maximum atomic E-state index is 13.7. The van der Waals surface area contributed by atoms with Crippen molar-refractivity contribution in [3.8, 4) is 10.4 Å². The molecule has 4 heteroatoms. The lowest BCUT2D eigenvalue weighted by atomic mass is 10.1. The second-order valence-electron chi connectivity index (χ2n) is 5.00. The quantitative estimate of drug-likeness (QED) is 0.837. The minimum absolute atomic E-state index is 0.202. The zero-order valence-electron chi connectivity index (χ0n) is 10.7. The molecule has 0 aliphatic heterocycles. The predicted octanol–water partition coefficient (Wildman–Crippen LogP) is 4.88. The van der Waals surface area contributed by atoms with Crippen molar-refractivity contribution in [2.75, 3.05) is 0 Å². The van der Waals surface area contributed by atoms with Crippen LogP contribution in [0.25, 0.3) is 10.4 Å². The van der Waals surface area contributed by atoms with Crippen LogP contribution in [0.3, 0.4) is 0 Å². The van der Waals surface area contributed by atoms with Crippen LogP contribution in [0.15, 0.2) is 28.7 Å². The molecule has 1 fully saturated rings. The van der Waals surface area contributed by atoms with Crippen LogP contribution >= 0.6 is 27.3 Å². The maximum Gasteiger partial charge on any atom is 0.138 e. The molecular weight excluding hydrogens is 325 g/mol. The average Bonchev–Trinajstić information content (AvgIpc) is 3.09. The molecule has 2 aromatic rings. The number of hydrogen-bond acceptors (Lipinski definition) is 2. The van der Waals surface area contributed by atoms with E-state index >= 15 is 0 Å². The van der Waals surface area contributed by atoms with Crippen molar-refractivity contribution < 1.29 is 4.39 Å². The van der Waals surface area contributed by atoms with Gasteiger partial charge in [-0.3, -0.25) is 0 Å². The topological polar surface area (TPSA) is 12.0 Å². The average molecular weight is 340 g/mol. The predicted molar refractivity (Wildman–Crippen MR) is 82.0 cm³/mol. The molecule has 0 unspecified atom stereocenters. The fourth-order valence-corrected chi connectivity index (χ4v) is 3.56. The summed E-state index contributed by atoms with van der Waals surface area (Å²) in [6, 6.07) is 8.40. The lowest BCUT2D eigenvalue weighted by Gasteiger charge is -2.05. The molecule has 1 aliphatic carbocycles. The summed E-state index contributed by atoms with van der Waals surface area (Å²) in [6.45, 7) is 2.94. The number of benzene rings is 1. The van der Waals surface area contributed by atoms with Crippen LogP contribution in [0.4, 0.5) is 4.39 Å². The molecule has 0 saturated heterocycles. The van der Waals surface area contributed by atoms with E-state index in [1.807, 2.05) is 13.0 Å². The molecule has 1 N–H and O–H groups in total. The van der Waals surface area contributed by atoms with E-state index in [1.54, 1.807) is 17.4 Å². The van der Waals surface area contributed by atoms with E-state index in [0.717, 1.165) is 28.6 Å². The van der Waals surface area contributed by atoms with E-state index in [0.29, 0.717) is 4.47 Å². The van der Waals surface area contributed by atoms with Crippen LogP contribution in [0.1, 0.15) is 23.3 Å². The normalized spacial score (nSPS) is 14.9. The van der Waals surface area contributed by atoms with Crippen molar-refractivity contribution in [2.24, 2.45) is 0 Å². The Morgan fingerprint density at radius 2 is 2.16 bits per heavy atom. The minimum atomic E-state index is -0.202. The highest BCUT2D eigenvalue weighted by molar-refractivity contribution is 9.10. The van der Waals surface area contributed by atoms with Gasteiger partial charge in [0.15, 0.2) is 0 Å². The number of aryl methyl sites for hydroxylation is 1. The van der Waals surface area contributed by atoms with Crippen molar-refractivity contribution in [3.05, 3.63) is 45.0 Å². The van der Waals surface area contributed by atoms with Crippen molar-refractivity contribution in [2.45, 2.75) is 32.4 Å². The summed E-state index contributed by atoms with van der Waals surface area (Å²) in [5.41, 5.74) is 2.08. The highest BCUT2D eigenvalue weighted by Gasteiger charge is 2.20. The Labute approximate surface area is 125 Å². The van der Waals surface area contributed by atoms with Gasteiger partial charge >= 0.3 is 0 Å². The van der Waals surface area contributed by atoms with E-state index < -0.39 is 0 Å². The lowest BCUT2D eigenvalue weighted by Crippen LogP contribution is -2.14. The SMILES string of the molecule is Cc1cc(Br)c(F)cc1-c1ccc(CNC2CC2)s1. The molecular formula is C15H15BrFNS. The van der Waals surface area contributed by atoms with Gasteiger partial charge in [-0.15, -0.1) is 11.3 Å². The molecule has 0 amide bonds. The van der Waals surface area contributed by atoms with Gasteiger partial charge in [0.1, 0.15) is 5.82 Å². The van der Waals surface area contributed by atoms with Crippen LogP contribution in [-0.4, -0.2) is 6.04 Å². The van der Waals surface area contributed by atoms with Gasteiger partial charge in [0.2, 0.25) is 0 Å². The van der Waals surface area contributed by atoms with Gasteiger partial charge in [-0.05, 0) is 71.1 Å². The Balaban J connectivity index is 1.83. The molecule has 1 aliphatic rings. The molecule has 1 aromatic heterocycles. The summed E-state index contributed by atoms with van der Waals surface area (Å²) < 4.78 is 14.2. The zero-order chi connectivity index (χ0) is 13.4. The van der Waals surface area contributed by atoms with Gasteiger partial charge in [-0.1, -0.05) is 0 Å². The first-order valence-electron chi connectivity index (χ1n) is 6.41. The smallest absolute Gasteiger partial charge is 0.138 e. The zero-order valence-corrected chi connectivity index (χ0v) is 13.1. The highest BCUT2D eigenvalue weighted by atomic mass is 79.9. The lowest BCUT2D eigenvalue weighted by molar-refractivity contribution is 0.621. The van der Waals surface area contributed by atoms with Crippen LogP contribution in [-0.2, 0) is 6.54 Å². The largest absolute Gasteiger partial charge is 0.309 e. The number of thiophene rings is 1. The van der Waals surface area contributed by atoms with Crippen molar-refractivity contribution >= 4 is 27.3 Å². The van der Waals surface area contributed by atoms with Crippen LogP contribution < -0.4 is 5.32 Å². The second kappa shape index (κ2) is 5.35. The fraction of sp³-hybridized carbons (Fsp3) is 0.333. The Morgan fingerprint density at radius 3 is 2.89 bits per heavy atom. The Morgan fingerprint density at radius 1 is 1.37 bits per heavy atom. The third-order valence-corrected chi connectivity index (χ3v) is 5.06. The molecule has 3 rings (SSSR count). The van der Waals surface area contributed by atoms with E-state index in [-0.39, 0.29) is 5.82 Å². The molecule has 1 nitrogen and oxygen atoms in total. The van der Waals surface area contributed by atoms with Gasteiger partial charge in [-0.2, -0.15) is 0 Å². The van der Waals surface area contributed by atoms with Crippen molar-refractivity contribution in [3.63, 3.8) is 0 Å². The van der Waals surface area contributed by atoms with Gasteiger partial charge in [0.25, 0.3) is 0 Å². The number of rotatable bonds is 4. The van der Waals surface area contributed by atoms with Crippen molar-refractivity contribution in [1.82, 2.24) is 5.32 Å². The molecule has 0 spiro atoms. The molecule has 1 heterocycles. The number of halogens is 2. The number of hydrogen-bond donors (Lipinski definition) is 1. The van der Waals surface area contributed by atoms with Crippen LogP contribution in [0.5, 0.6) is 0 Å². The first-order chi connectivity index (χ1) is 9.13. The maximum absolute atomic E-state index is 13.7. The molecule has 19 heavy (non-hydrogen) atoms. The van der Waals surface area contributed by atoms with Gasteiger partial charge in [0, 0.05) is 22.3 Å². The van der Waals surface area contributed by atoms with Crippen LogP contribution in [0.2, 0.25) is 0 Å². The summed E-state index contributed by atoms with van der Waals surface area (Å²) in [5.74, 6) is -0.202. The van der Waals surface area contributed by atoms with Crippen LogP contribution in [0, 0.1) is 12.7 Å². The Kier molecular flexibility index (Phi) is 3.74. The summed E-state index contributed by atoms with van der Waals surface area (Å²) in [7, 11) is 0. The van der Waals surface area contributed by atoms with E-state index in [1.165, 1.54) is 17.7 Å². The summed E-state index contributed by atoms with van der Waals surface area (Å²) in [6.07, 6.45) is 2.60. The molecule has 1 aromatic carbocycles. The van der Waals surface area contributed by atoms with Gasteiger partial charge < -0.3 is 5.32 Å². The summed E-state index contributed by atoms with van der Waals surface area (Å²) in [5, 5.41) is 3.50. The first kappa shape index (κ1) is 13.3. The summed E-state index contributed by atoms with van der Waals surface area (Å²) >= 11 is 4.96. The standard InChI is InChI=1S/C15H15BrFNS/c1-9-6-13(16)14(17)7-12(9)15-5-4-11(19-15)8-18-10-2-3-10/h4-7,10,18H,2-3,8H2,1H3. The molecule has 0 radical (unpaired) electrons. The van der Waals surface area contributed by atoms with Gasteiger partial charge in [0.05, 0.1) is 4.47 Å². The third kappa shape index (κ3) is 3.07. The van der Waals surface area contributed by atoms with E-state index in [4.69, 9.17) is 0 Å². The fourth-order valence-electron chi connectivity index (χ4n) is 2.06. The Hall–Kier alpha value is -0.710. The monoisotopic (exact) mass is 339 g/mol. The van der Waals surface area contributed by atoms with Crippen molar-refractivity contribution in [1.29, 1.82) is 0 Å². The van der Waals surface area contributed by atoms with E-state index in [2.05, 4.69) is 33.4 Å². The highest BCUT2D eigenvalue weighted by Crippen LogP contribution is 2.33. The van der Waals surface area contributed by atoms with Gasteiger partial charge in [-0.25, -0.2) is 4.39 Å². The second-order valence-corrected chi connectivity index (χ2v) is 7.03. The Bertz CT molecular complexity index is 604. The van der Waals surface area contributed by atoms with E-state index in [9.17, 15) is 4.39 Å². The first-order valence-corrected chi connectivity index (χ1v) is 8.02.